The second-order valence-corrected chi connectivity index (χ2v) is 6.09. The van der Waals surface area contributed by atoms with E-state index in [1.165, 1.54) is 6.42 Å². The molecule has 19 heavy (non-hydrogen) atoms. The van der Waals surface area contributed by atoms with Gasteiger partial charge in [-0.05, 0) is 30.9 Å². The fraction of sp³-hybridized carbons (Fsp3) is 0.533. The Morgan fingerprint density at radius 2 is 1.84 bits per heavy atom. The summed E-state index contributed by atoms with van der Waals surface area (Å²) < 4.78 is 0. The maximum atomic E-state index is 12.6. The summed E-state index contributed by atoms with van der Waals surface area (Å²) >= 11 is 12.0. The zero-order chi connectivity index (χ0) is 14.0. The highest BCUT2D eigenvalue weighted by atomic mass is 35.5. The van der Waals surface area contributed by atoms with Gasteiger partial charge in [0, 0.05) is 11.5 Å². The molecule has 2 atom stereocenters. The van der Waals surface area contributed by atoms with Crippen LogP contribution in [-0.2, 0) is 0 Å². The van der Waals surface area contributed by atoms with E-state index in [0.29, 0.717) is 27.2 Å². The van der Waals surface area contributed by atoms with Gasteiger partial charge in [-0.2, -0.15) is 0 Å². The zero-order valence-electron chi connectivity index (χ0n) is 11.1. The van der Waals surface area contributed by atoms with E-state index in [1.54, 1.807) is 12.1 Å². The second kappa shape index (κ2) is 6.15. The topological polar surface area (TPSA) is 43.1 Å². The number of hydrogen-bond donors (Lipinski definition) is 1. The van der Waals surface area contributed by atoms with Gasteiger partial charge in [0.2, 0.25) is 0 Å². The van der Waals surface area contributed by atoms with Gasteiger partial charge in [-0.25, -0.2) is 0 Å². The van der Waals surface area contributed by atoms with Crippen LogP contribution in [0.3, 0.4) is 0 Å². The summed E-state index contributed by atoms with van der Waals surface area (Å²) in [4.78, 5) is 12.6. The summed E-state index contributed by atoms with van der Waals surface area (Å²) in [6, 6.07) is 3.29. The minimum absolute atomic E-state index is 0.106. The van der Waals surface area contributed by atoms with Crippen LogP contribution < -0.4 is 5.73 Å². The van der Waals surface area contributed by atoms with Gasteiger partial charge in [0.15, 0.2) is 5.78 Å². The molecular weight excluding hydrogens is 281 g/mol. The highest BCUT2D eigenvalue weighted by molar-refractivity contribution is 6.39. The molecule has 104 valence electrons. The van der Waals surface area contributed by atoms with Gasteiger partial charge in [-0.3, -0.25) is 4.79 Å². The Morgan fingerprint density at radius 3 is 2.42 bits per heavy atom. The first-order valence-electron chi connectivity index (χ1n) is 6.83. The molecule has 2 unspecified atom stereocenters. The predicted octanol–water partition coefficient (Wildman–Crippen LogP) is 4.97. The van der Waals surface area contributed by atoms with Crippen LogP contribution in [-0.4, -0.2) is 5.78 Å². The molecule has 1 aliphatic carbocycles. The number of carbonyl (C=O) groups excluding carboxylic acids is 1. The molecule has 0 spiro atoms. The highest BCUT2D eigenvalue weighted by Gasteiger charge is 2.30. The predicted molar refractivity (Wildman–Crippen MR) is 80.9 cm³/mol. The molecule has 0 saturated heterocycles. The highest BCUT2D eigenvalue weighted by Crippen LogP contribution is 2.36. The van der Waals surface area contributed by atoms with Crippen molar-refractivity contribution in [3.63, 3.8) is 0 Å². The van der Waals surface area contributed by atoms with Crippen LogP contribution in [0.2, 0.25) is 10.0 Å². The van der Waals surface area contributed by atoms with Gasteiger partial charge < -0.3 is 5.73 Å². The van der Waals surface area contributed by atoms with Crippen molar-refractivity contribution in [1.82, 2.24) is 0 Å². The van der Waals surface area contributed by atoms with E-state index in [-0.39, 0.29) is 11.7 Å². The molecule has 0 heterocycles. The molecule has 1 aromatic carbocycles. The van der Waals surface area contributed by atoms with Crippen LogP contribution in [0.15, 0.2) is 12.1 Å². The number of halogens is 2. The molecule has 0 aliphatic heterocycles. The Morgan fingerprint density at radius 1 is 1.26 bits per heavy atom. The van der Waals surface area contributed by atoms with E-state index >= 15 is 0 Å². The molecule has 1 aromatic rings. The van der Waals surface area contributed by atoms with E-state index in [0.717, 1.165) is 25.7 Å². The minimum Gasteiger partial charge on any atom is -0.396 e. The number of nitrogens with two attached hydrogens (primary N) is 1. The number of hydrogen-bond acceptors (Lipinski definition) is 2. The van der Waals surface area contributed by atoms with Crippen molar-refractivity contribution in [2.45, 2.75) is 39.0 Å². The lowest BCUT2D eigenvalue weighted by molar-refractivity contribution is 0.0820. The summed E-state index contributed by atoms with van der Waals surface area (Å²) in [7, 11) is 0. The maximum absolute atomic E-state index is 12.6. The molecule has 2 N–H and O–H groups in total. The quantitative estimate of drug-likeness (QED) is 0.632. The van der Waals surface area contributed by atoms with E-state index in [4.69, 9.17) is 28.9 Å². The number of rotatable bonds is 3. The Labute approximate surface area is 124 Å². The van der Waals surface area contributed by atoms with Crippen LogP contribution in [0.4, 0.5) is 5.69 Å². The van der Waals surface area contributed by atoms with E-state index in [9.17, 15) is 4.79 Å². The van der Waals surface area contributed by atoms with Gasteiger partial charge >= 0.3 is 0 Å². The Balaban J connectivity index is 2.28. The third-order valence-corrected chi connectivity index (χ3v) is 4.76. The standard InChI is InChI=1S/C15H19Cl2NO/c1-2-9-5-3-4-6-11(9)15(19)10-7-12(16)14(18)13(17)8-10/h7-9,11H,2-6,18H2,1H3. The molecule has 1 saturated carbocycles. The monoisotopic (exact) mass is 299 g/mol. The Hall–Kier alpha value is -0.730. The molecule has 4 heteroatoms. The van der Waals surface area contributed by atoms with Crippen molar-refractivity contribution >= 4 is 34.7 Å². The molecule has 2 rings (SSSR count). The van der Waals surface area contributed by atoms with E-state index < -0.39 is 0 Å². The molecule has 1 fully saturated rings. The van der Waals surface area contributed by atoms with Gasteiger partial charge in [0.1, 0.15) is 0 Å². The fourth-order valence-electron chi connectivity index (χ4n) is 2.98. The SMILES string of the molecule is CCC1CCCCC1C(=O)c1cc(Cl)c(N)c(Cl)c1. The van der Waals surface area contributed by atoms with Crippen LogP contribution in [0.1, 0.15) is 49.4 Å². The van der Waals surface area contributed by atoms with Gasteiger partial charge in [-0.15, -0.1) is 0 Å². The molecular formula is C15H19Cl2NO. The third-order valence-electron chi connectivity index (χ3n) is 4.13. The van der Waals surface area contributed by atoms with Crippen molar-refractivity contribution in [3.05, 3.63) is 27.7 Å². The van der Waals surface area contributed by atoms with Gasteiger partial charge in [0.05, 0.1) is 15.7 Å². The van der Waals surface area contributed by atoms with Crippen molar-refractivity contribution < 1.29 is 4.79 Å². The average Bonchev–Trinajstić information content (AvgIpc) is 2.43. The first-order chi connectivity index (χ1) is 9.04. The number of nitrogen functional groups attached to an aromatic ring is 1. The number of Topliss-reactive ketones (excluding diaryl/α,β-unsaturated/α-hetero) is 1. The molecule has 1 aliphatic rings. The van der Waals surface area contributed by atoms with Gasteiger partial charge in [-0.1, -0.05) is 49.4 Å². The normalized spacial score (nSPS) is 23.3. The van der Waals surface area contributed by atoms with Crippen LogP contribution in [0.25, 0.3) is 0 Å². The van der Waals surface area contributed by atoms with E-state index in [1.807, 2.05) is 0 Å². The van der Waals surface area contributed by atoms with Crippen LogP contribution >= 0.6 is 23.2 Å². The first kappa shape index (κ1) is 14.7. The Bertz CT molecular complexity index is 464. The average molecular weight is 300 g/mol. The number of benzene rings is 1. The van der Waals surface area contributed by atoms with E-state index in [2.05, 4.69) is 6.92 Å². The molecule has 0 aromatic heterocycles. The Kier molecular flexibility index (Phi) is 4.75. The summed E-state index contributed by atoms with van der Waals surface area (Å²) in [5, 5.41) is 0.722. The summed E-state index contributed by atoms with van der Waals surface area (Å²) in [6.45, 7) is 2.15. The zero-order valence-corrected chi connectivity index (χ0v) is 12.6. The minimum atomic E-state index is 0.106. The molecule has 2 nitrogen and oxygen atoms in total. The van der Waals surface area contributed by atoms with Crippen molar-refractivity contribution in [2.24, 2.45) is 11.8 Å². The molecule has 0 radical (unpaired) electrons. The van der Waals surface area contributed by atoms with Crippen molar-refractivity contribution in [1.29, 1.82) is 0 Å². The van der Waals surface area contributed by atoms with Gasteiger partial charge in [0.25, 0.3) is 0 Å². The largest absolute Gasteiger partial charge is 0.396 e. The second-order valence-electron chi connectivity index (χ2n) is 5.28. The summed E-state index contributed by atoms with van der Waals surface area (Å²) in [6.07, 6.45) is 5.52. The lowest BCUT2D eigenvalue weighted by Crippen LogP contribution is -2.27. The van der Waals surface area contributed by atoms with Crippen molar-refractivity contribution in [3.8, 4) is 0 Å². The van der Waals surface area contributed by atoms with Crippen molar-refractivity contribution in [2.75, 3.05) is 5.73 Å². The smallest absolute Gasteiger partial charge is 0.166 e. The lowest BCUT2D eigenvalue weighted by Gasteiger charge is -2.29. The molecule has 0 amide bonds. The van der Waals surface area contributed by atoms with Crippen LogP contribution in [0, 0.1) is 11.8 Å². The third kappa shape index (κ3) is 3.06. The number of anilines is 1. The number of ketones is 1. The lowest BCUT2D eigenvalue weighted by atomic mass is 9.74. The summed E-state index contributed by atoms with van der Waals surface area (Å²) in [5.41, 5.74) is 6.64. The molecule has 0 bridgehead atoms. The number of carbonyl (C=O) groups is 1. The first-order valence-corrected chi connectivity index (χ1v) is 7.59. The maximum Gasteiger partial charge on any atom is 0.166 e. The fourth-order valence-corrected chi connectivity index (χ4v) is 3.47. The summed E-state index contributed by atoms with van der Waals surface area (Å²) in [5.74, 6) is 0.751. The van der Waals surface area contributed by atoms with Crippen LogP contribution in [0.5, 0.6) is 0 Å².